The first-order valence-electron chi connectivity index (χ1n) is 10.9. The summed E-state index contributed by atoms with van der Waals surface area (Å²) in [7, 11) is 0. The molecule has 0 radical (unpaired) electrons. The first-order chi connectivity index (χ1) is 16.4. The van der Waals surface area contributed by atoms with Crippen LogP contribution in [-0.2, 0) is 32.2 Å². The highest BCUT2D eigenvalue weighted by Gasteiger charge is 2.30. The Morgan fingerprint density at radius 3 is 2.50 bits per heavy atom. The number of halogens is 3. The summed E-state index contributed by atoms with van der Waals surface area (Å²) in [5.74, 6) is 0.284. The molecule has 3 heterocycles. The summed E-state index contributed by atoms with van der Waals surface area (Å²) in [6.07, 6.45) is -0.172. The molecule has 0 fully saturated rings. The van der Waals surface area contributed by atoms with Crippen LogP contribution >= 0.6 is 0 Å². The van der Waals surface area contributed by atoms with E-state index in [1.807, 2.05) is 30.7 Å². The zero-order valence-corrected chi connectivity index (χ0v) is 18.2. The predicted molar refractivity (Wildman–Crippen MR) is 121 cm³/mol. The summed E-state index contributed by atoms with van der Waals surface area (Å²) < 4.78 is 40.6. The lowest BCUT2D eigenvalue weighted by Gasteiger charge is -2.28. The van der Waals surface area contributed by atoms with Crippen LogP contribution in [-0.4, -0.2) is 31.0 Å². The molecule has 4 aromatic rings. The van der Waals surface area contributed by atoms with Crippen molar-refractivity contribution in [2.45, 2.75) is 32.2 Å². The first-order valence-corrected chi connectivity index (χ1v) is 10.9. The molecular weight excluding hydrogens is 443 g/mol. The zero-order valence-electron chi connectivity index (χ0n) is 18.2. The monoisotopic (exact) mass is 465 g/mol. The van der Waals surface area contributed by atoms with Crippen LogP contribution in [0.15, 0.2) is 71.9 Å². The van der Waals surface area contributed by atoms with Gasteiger partial charge in [-0.15, -0.1) is 0 Å². The Balaban J connectivity index is 1.32. The van der Waals surface area contributed by atoms with Crippen LogP contribution in [0.3, 0.4) is 0 Å². The second-order valence-electron chi connectivity index (χ2n) is 8.37. The average Bonchev–Trinajstić information content (AvgIpc) is 3.26. The molecule has 5 rings (SSSR count). The van der Waals surface area contributed by atoms with Crippen molar-refractivity contribution in [3.8, 4) is 11.4 Å². The third-order valence-electron chi connectivity index (χ3n) is 6.01. The van der Waals surface area contributed by atoms with E-state index in [9.17, 15) is 18.0 Å². The molecule has 1 aliphatic heterocycles. The largest absolute Gasteiger partial charge is 0.416 e. The predicted octanol–water partition coefficient (Wildman–Crippen LogP) is 4.26. The van der Waals surface area contributed by atoms with Crippen LogP contribution in [0.4, 0.5) is 13.2 Å². The van der Waals surface area contributed by atoms with Gasteiger partial charge in [0.15, 0.2) is 0 Å². The fourth-order valence-electron chi connectivity index (χ4n) is 4.20. The van der Waals surface area contributed by atoms with E-state index in [1.165, 1.54) is 17.7 Å². The molecule has 0 amide bonds. The number of imidazole rings is 1. The second-order valence-corrected chi connectivity index (χ2v) is 8.37. The highest BCUT2D eigenvalue weighted by molar-refractivity contribution is 5.56. The van der Waals surface area contributed by atoms with Gasteiger partial charge in [-0.25, -0.2) is 9.97 Å². The Morgan fingerprint density at radius 1 is 1.00 bits per heavy atom. The first kappa shape index (κ1) is 22.1. The van der Waals surface area contributed by atoms with Gasteiger partial charge in [0.25, 0.3) is 5.56 Å². The number of hydrogen-bond donors (Lipinski definition) is 1. The van der Waals surface area contributed by atoms with Gasteiger partial charge in [0.05, 0.1) is 28.8 Å². The quantitative estimate of drug-likeness (QED) is 0.478. The van der Waals surface area contributed by atoms with E-state index < -0.39 is 11.7 Å². The number of aromatic nitrogens is 4. The molecule has 0 unspecified atom stereocenters. The molecule has 0 atom stereocenters. The molecule has 0 spiro atoms. The third kappa shape index (κ3) is 4.65. The number of H-pyrrole nitrogens is 1. The van der Waals surface area contributed by atoms with E-state index in [2.05, 4.69) is 36.6 Å². The summed E-state index contributed by atoms with van der Waals surface area (Å²) in [4.78, 5) is 26.6. The van der Waals surface area contributed by atoms with E-state index in [0.717, 1.165) is 24.4 Å². The van der Waals surface area contributed by atoms with Crippen molar-refractivity contribution in [1.29, 1.82) is 0 Å². The summed E-state index contributed by atoms with van der Waals surface area (Å²) in [5.41, 5.74) is 2.96. The molecule has 0 saturated heterocycles. The molecule has 0 saturated carbocycles. The molecule has 2 aromatic carbocycles. The number of rotatable bonds is 5. The van der Waals surface area contributed by atoms with Gasteiger partial charge in [0.1, 0.15) is 5.82 Å². The van der Waals surface area contributed by atoms with Crippen LogP contribution in [0.2, 0.25) is 0 Å². The van der Waals surface area contributed by atoms with Gasteiger partial charge in [-0.1, -0.05) is 42.5 Å². The summed E-state index contributed by atoms with van der Waals surface area (Å²) >= 11 is 0. The molecular formula is C25H22F3N5O. The molecule has 0 aliphatic carbocycles. The van der Waals surface area contributed by atoms with Crippen molar-refractivity contribution in [1.82, 2.24) is 24.4 Å². The second kappa shape index (κ2) is 8.90. The van der Waals surface area contributed by atoms with Crippen LogP contribution < -0.4 is 5.56 Å². The van der Waals surface area contributed by atoms with E-state index in [4.69, 9.17) is 0 Å². The van der Waals surface area contributed by atoms with Gasteiger partial charge in [-0.2, -0.15) is 13.2 Å². The van der Waals surface area contributed by atoms with Crippen molar-refractivity contribution in [3.63, 3.8) is 0 Å². The summed E-state index contributed by atoms with van der Waals surface area (Å²) in [6, 6.07) is 14.8. The highest BCUT2D eigenvalue weighted by atomic mass is 19.4. The minimum absolute atomic E-state index is 0.262. The maximum absolute atomic E-state index is 12.8. The fourth-order valence-corrected chi connectivity index (χ4v) is 4.20. The minimum Gasteiger partial charge on any atom is -0.329 e. The van der Waals surface area contributed by atoms with Crippen LogP contribution in [0.25, 0.3) is 11.4 Å². The third-order valence-corrected chi connectivity index (χ3v) is 6.01. The molecule has 9 heteroatoms. The van der Waals surface area contributed by atoms with Crippen molar-refractivity contribution in [3.05, 3.63) is 106 Å². The number of aromatic amines is 1. The molecule has 174 valence electrons. The number of alkyl halides is 3. The standard InChI is InChI=1S/C25H22F3N5O/c26-25(27,28)19-8-6-18(7-9-19)23-30-22-10-11-32(15-21(22)24(34)31-23)14-20-12-29-16-33(20)13-17-4-2-1-3-5-17/h1-9,12,16H,10-11,13-15H2,(H,30,31,34). The normalized spacial score (nSPS) is 14.2. The molecule has 0 bridgehead atoms. The summed E-state index contributed by atoms with van der Waals surface area (Å²) in [6.45, 7) is 2.53. The Hall–Kier alpha value is -3.72. The number of nitrogens with one attached hydrogen (secondary N) is 1. The van der Waals surface area contributed by atoms with Crippen LogP contribution in [0, 0.1) is 0 Å². The Labute approximate surface area is 193 Å². The highest BCUT2D eigenvalue weighted by Crippen LogP contribution is 2.30. The number of hydrogen-bond acceptors (Lipinski definition) is 4. The minimum atomic E-state index is -4.41. The van der Waals surface area contributed by atoms with Crippen molar-refractivity contribution in [2.75, 3.05) is 6.54 Å². The molecule has 2 aromatic heterocycles. The van der Waals surface area contributed by atoms with Crippen molar-refractivity contribution in [2.24, 2.45) is 0 Å². The summed E-state index contributed by atoms with van der Waals surface area (Å²) in [5, 5.41) is 0. The van der Waals surface area contributed by atoms with Crippen LogP contribution in [0.1, 0.15) is 28.1 Å². The SMILES string of the molecule is O=c1[nH]c(-c2ccc(C(F)(F)F)cc2)nc2c1CN(Cc1cncn1Cc1ccccc1)CC2. The fraction of sp³-hybridized carbons (Fsp3) is 0.240. The van der Waals surface area contributed by atoms with Gasteiger partial charge < -0.3 is 9.55 Å². The van der Waals surface area contributed by atoms with Gasteiger partial charge in [0.2, 0.25) is 0 Å². The van der Waals surface area contributed by atoms with Crippen LogP contribution in [0.5, 0.6) is 0 Å². The molecule has 34 heavy (non-hydrogen) atoms. The molecule has 1 N–H and O–H groups in total. The lowest BCUT2D eigenvalue weighted by atomic mass is 10.1. The number of fused-ring (bicyclic) bond motifs is 1. The van der Waals surface area contributed by atoms with E-state index in [-0.39, 0.29) is 11.4 Å². The molecule has 6 nitrogen and oxygen atoms in total. The van der Waals surface area contributed by atoms with E-state index >= 15 is 0 Å². The average molecular weight is 465 g/mol. The van der Waals surface area contributed by atoms with Gasteiger partial charge in [0, 0.05) is 44.4 Å². The Kier molecular flexibility index (Phi) is 5.79. The topological polar surface area (TPSA) is 66.8 Å². The Morgan fingerprint density at radius 2 is 1.76 bits per heavy atom. The van der Waals surface area contributed by atoms with Gasteiger partial charge in [-0.3, -0.25) is 9.69 Å². The zero-order chi connectivity index (χ0) is 23.7. The van der Waals surface area contributed by atoms with E-state index in [1.54, 1.807) is 0 Å². The maximum atomic E-state index is 12.8. The lowest BCUT2D eigenvalue weighted by molar-refractivity contribution is -0.137. The molecule has 1 aliphatic rings. The van der Waals surface area contributed by atoms with Gasteiger partial charge >= 0.3 is 6.18 Å². The number of nitrogens with zero attached hydrogens (tertiary/aromatic N) is 4. The lowest BCUT2D eigenvalue weighted by Crippen LogP contribution is -2.36. The Bertz CT molecular complexity index is 1340. The van der Waals surface area contributed by atoms with E-state index in [0.29, 0.717) is 42.9 Å². The van der Waals surface area contributed by atoms with Crippen molar-refractivity contribution < 1.29 is 13.2 Å². The smallest absolute Gasteiger partial charge is 0.329 e. The number of benzene rings is 2. The van der Waals surface area contributed by atoms with Crippen molar-refractivity contribution >= 4 is 0 Å². The maximum Gasteiger partial charge on any atom is 0.416 e. The van der Waals surface area contributed by atoms with Gasteiger partial charge in [-0.05, 0) is 17.7 Å².